The van der Waals surface area contributed by atoms with Gasteiger partial charge in [0.05, 0.1) is 25.9 Å². The molecule has 0 radical (unpaired) electrons. The lowest BCUT2D eigenvalue weighted by Gasteiger charge is -2.20. The molecule has 0 aromatic rings. The normalized spacial score (nSPS) is 15.1. The third-order valence-corrected chi connectivity index (χ3v) is 10.5. The number of aliphatic hydroxyl groups excluding tert-OH is 2. The summed E-state index contributed by atoms with van der Waals surface area (Å²) in [5.74, 6) is -1.12. The predicted octanol–water partition coefficient (Wildman–Crippen LogP) is 10.2. The summed E-state index contributed by atoms with van der Waals surface area (Å²) in [6, 6.07) is 0. The van der Waals surface area contributed by atoms with Gasteiger partial charge in [-0.2, -0.15) is 0 Å². The molecule has 0 aromatic carbocycles. The SMILES string of the molecule is CCCCCC/C=C\CCCCCCCCCC(=O)OC[C@H](COP(=O)(O)OC[C@@H](O)COP(=O)(O)O)OC(=O)CCC/C=C\C/C=C\C/C=C\C/C=C\CC[C@H](O)CC. The first kappa shape index (κ1) is 57.8. The van der Waals surface area contributed by atoms with Gasteiger partial charge in [-0.1, -0.05) is 126 Å². The Morgan fingerprint density at radius 1 is 0.517 bits per heavy atom. The number of aliphatic hydroxyl groups is 2. The predicted molar refractivity (Wildman–Crippen MR) is 236 cm³/mol. The molecule has 60 heavy (non-hydrogen) atoms. The highest BCUT2D eigenvalue weighted by Crippen LogP contribution is 2.43. The fraction of sp³-hybridized carbons (Fsp3) is 0.727. The summed E-state index contributed by atoms with van der Waals surface area (Å²) >= 11 is 0. The van der Waals surface area contributed by atoms with Crippen molar-refractivity contribution in [2.75, 3.05) is 26.4 Å². The van der Waals surface area contributed by atoms with Crippen LogP contribution in [0.1, 0.15) is 162 Å². The number of rotatable bonds is 41. The van der Waals surface area contributed by atoms with Crippen molar-refractivity contribution in [3.8, 4) is 0 Å². The monoisotopic (exact) mass is 892 g/mol. The second kappa shape index (κ2) is 39.6. The highest BCUT2D eigenvalue weighted by molar-refractivity contribution is 7.47. The molecule has 0 bridgehead atoms. The Kier molecular flexibility index (Phi) is 38.1. The van der Waals surface area contributed by atoms with Gasteiger partial charge in [0.2, 0.25) is 0 Å². The average molecular weight is 893 g/mol. The standard InChI is InChI=1S/C44H78O14P2/c1-3-5-6-7-8-9-10-11-12-16-19-22-25-28-31-34-43(47)54-38-42(39-57-60(52,53)56-37-41(46)36-55-59(49,50)51)58-44(48)35-32-29-26-23-20-17-14-13-15-18-21-24-27-30-33-40(45)4-2/h9-10,14-15,17-18,23-24,26-27,40-42,45-46H,3-8,11-13,16,19-22,25,28-39H2,1-2H3,(H,52,53)(H2,49,50,51)/b10-9-,17-14-,18-15-,26-23-,27-24-/t40-,41+,42-/m1/s1. The maximum atomic E-state index is 12.6. The van der Waals surface area contributed by atoms with Crippen LogP contribution >= 0.6 is 15.6 Å². The highest BCUT2D eigenvalue weighted by atomic mass is 31.2. The van der Waals surface area contributed by atoms with Crippen molar-refractivity contribution in [2.24, 2.45) is 0 Å². The Bertz CT molecular complexity index is 1310. The first-order chi connectivity index (χ1) is 28.8. The fourth-order valence-corrected chi connectivity index (χ4v) is 6.65. The molecule has 14 nitrogen and oxygen atoms in total. The molecule has 0 aliphatic heterocycles. The van der Waals surface area contributed by atoms with E-state index in [1.165, 1.54) is 44.9 Å². The maximum Gasteiger partial charge on any atom is 0.472 e. The number of unbranched alkanes of at least 4 members (excludes halogenated alkanes) is 12. The van der Waals surface area contributed by atoms with E-state index < -0.39 is 66.2 Å². The summed E-state index contributed by atoms with van der Waals surface area (Å²) in [5, 5.41) is 19.3. The summed E-state index contributed by atoms with van der Waals surface area (Å²) in [4.78, 5) is 52.7. The zero-order chi connectivity index (χ0) is 44.6. The van der Waals surface area contributed by atoms with Crippen molar-refractivity contribution in [1.82, 2.24) is 0 Å². The van der Waals surface area contributed by atoms with E-state index in [4.69, 9.17) is 23.8 Å². The molecule has 348 valence electrons. The van der Waals surface area contributed by atoms with E-state index in [0.717, 1.165) is 70.6 Å². The van der Waals surface area contributed by atoms with E-state index in [-0.39, 0.29) is 18.9 Å². The van der Waals surface area contributed by atoms with E-state index in [1.807, 2.05) is 19.1 Å². The molecule has 0 aliphatic rings. The Hall–Kier alpha value is -2.22. The molecule has 0 aliphatic carbocycles. The molecule has 0 aromatic heterocycles. The van der Waals surface area contributed by atoms with Crippen molar-refractivity contribution in [1.29, 1.82) is 0 Å². The summed E-state index contributed by atoms with van der Waals surface area (Å²) in [6.45, 7) is 1.39. The smallest absolute Gasteiger partial charge is 0.462 e. The van der Waals surface area contributed by atoms with Crippen LogP contribution in [0.2, 0.25) is 0 Å². The molecule has 4 atom stereocenters. The molecule has 5 N–H and O–H groups in total. The van der Waals surface area contributed by atoms with Gasteiger partial charge < -0.3 is 34.4 Å². The van der Waals surface area contributed by atoms with Crippen LogP contribution in [0.15, 0.2) is 60.8 Å². The summed E-state index contributed by atoms with van der Waals surface area (Å²) in [7, 11) is -9.71. The molecule has 0 saturated carbocycles. The lowest BCUT2D eigenvalue weighted by Crippen LogP contribution is -2.29. The second-order valence-electron chi connectivity index (χ2n) is 14.8. The number of hydrogen-bond donors (Lipinski definition) is 5. The third-order valence-electron chi connectivity index (χ3n) is 9.03. The van der Waals surface area contributed by atoms with Crippen molar-refractivity contribution < 1.29 is 66.7 Å². The van der Waals surface area contributed by atoms with E-state index >= 15 is 0 Å². The van der Waals surface area contributed by atoms with E-state index in [9.17, 15) is 33.8 Å². The molecule has 0 spiro atoms. The van der Waals surface area contributed by atoms with E-state index in [1.54, 1.807) is 0 Å². The van der Waals surface area contributed by atoms with Crippen LogP contribution in [0.4, 0.5) is 0 Å². The van der Waals surface area contributed by atoms with Gasteiger partial charge in [-0.3, -0.25) is 23.2 Å². The number of allylic oxidation sites excluding steroid dienone is 10. The minimum absolute atomic E-state index is 0.0396. The number of carbonyl (C=O) groups is 2. The zero-order valence-corrected chi connectivity index (χ0v) is 38.2. The number of esters is 2. The van der Waals surface area contributed by atoms with Gasteiger partial charge in [0.1, 0.15) is 12.7 Å². The van der Waals surface area contributed by atoms with Crippen LogP contribution in [0.25, 0.3) is 0 Å². The van der Waals surface area contributed by atoms with E-state index in [2.05, 4.69) is 64.6 Å². The Morgan fingerprint density at radius 3 is 1.57 bits per heavy atom. The van der Waals surface area contributed by atoms with Crippen LogP contribution in [0, 0.1) is 0 Å². The van der Waals surface area contributed by atoms with Crippen molar-refractivity contribution in [3.63, 3.8) is 0 Å². The lowest BCUT2D eigenvalue weighted by molar-refractivity contribution is -0.161. The van der Waals surface area contributed by atoms with Gasteiger partial charge in [0.15, 0.2) is 6.10 Å². The van der Waals surface area contributed by atoms with Crippen molar-refractivity contribution >= 4 is 27.6 Å². The van der Waals surface area contributed by atoms with Crippen LogP contribution in [0.3, 0.4) is 0 Å². The number of phosphoric ester groups is 2. The van der Waals surface area contributed by atoms with Gasteiger partial charge >= 0.3 is 27.6 Å². The molecule has 0 heterocycles. The molecule has 0 amide bonds. The Morgan fingerprint density at radius 2 is 0.983 bits per heavy atom. The summed E-state index contributed by atoms with van der Waals surface area (Å²) < 4.78 is 47.7. The lowest BCUT2D eigenvalue weighted by atomic mass is 10.1. The first-order valence-corrected chi connectivity index (χ1v) is 25.1. The third kappa shape index (κ3) is 42.5. The topological polar surface area (TPSA) is 216 Å². The van der Waals surface area contributed by atoms with Gasteiger partial charge in [0.25, 0.3) is 0 Å². The molecule has 1 unspecified atom stereocenters. The van der Waals surface area contributed by atoms with Gasteiger partial charge in [0, 0.05) is 12.8 Å². The van der Waals surface area contributed by atoms with E-state index in [0.29, 0.717) is 19.3 Å². The minimum Gasteiger partial charge on any atom is -0.462 e. The second-order valence-corrected chi connectivity index (χ2v) is 17.4. The fourth-order valence-electron chi connectivity index (χ4n) is 5.49. The average Bonchev–Trinajstić information content (AvgIpc) is 3.21. The first-order valence-electron chi connectivity index (χ1n) is 22.1. The molecule has 0 rings (SSSR count). The molecular formula is C44H78O14P2. The Balaban J connectivity index is 4.63. The number of hydrogen-bond acceptors (Lipinski definition) is 11. The molecule has 16 heteroatoms. The largest absolute Gasteiger partial charge is 0.472 e. The van der Waals surface area contributed by atoms with Crippen LogP contribution in [0.5, 0.6) is 0 Å². The zero-order valence-electron chi connectivity index (χ0n) is 36.4. The Labute approximate surface area is 360 Å². The summed E-state index contributed by atoms with van der Waals surface area (Å²) in [6.07, 6.45) is 38.7. The summed E-state index contributed by atoms with van der Waals surface area (Å²) in [5.41, 5.74) is 0. The highest BCUT2D eigenvalue weighted by Gasteiger charge is 2.28. The van der Waals surface area contributed by atoms with Crippen molar-refractivity contribution in [2.45, 2.75) is 180 Å². The number of carbonyl (C=O) groups excluding carboxylic acids is 2. The van der Waals surface area contributed by atoms with Crippen LogP contribution < -0.4 is 0 Å². The quantitative estimate of drug-likeness (QED) is 0.0167. The van der Waals surface area contributed by atoms with Crippen LogP contribution in [-0.4, -0.2) is 81.6 Å². The van der Waals surface area contributed by atoms with Gasteiger partial charge in [-0.15, -0.1) is 0 Å². The number of phosphoric acid groups is 2. The van der Waals surface area contributed by atoms with Crippen LogP contribution in [-0.2, 0) is 41.8 Å². The van der Waals surface area contributed by atoms with Gasteiger partial charge in [-0.25, -0.2) is 9.13 Å². The number of ether oxygens (including phenoxy) is 2. The van der Waals surface area contributed by atoms with Crippen molar-refractivity contribution in [3.05, 3.63) is 60.8 Å². The maximum absolute atomic E-state index is 12.6. The van der Waals surface area contributed by atoms with Gasteiger partial charge in [-0.05, 0) is 83.5 Å². The minimum atomic E-state index is -4.87. The molecule has 0 saturated heterocycles. The molecular weight excluding hydrogens is 814 g/mol. The molecule has 0 fully saturated rings.